The van der Waals surface area contributed by atoms with Crippen LogP contribution in [-0.4, -0.2) is 38.4 Å². The van der Waals surface area contributed by atoms with Gasteiger partial charge in [0.05, 0.1) is 18.2 Å². The SMILES string of the molecule is COc1cc(CN[C@@H](C)[C@H]2CCCO2)cc(Cl)c1OCC(N)=O. The van der Waals surface area contributed by atoms with Crippen molar-refractivity contribution in [3.8, 4) is 11.5 Å². The second kappa shape index (κ2) is 8.38. The molecule has 3 N–H and O–H groups in total. The van der Waals surface area contributed by atoms with Crippen LogP contribution in [0.25, 0.3) is 0 Å². The van der Waals surface area contributed by atoms with Crippen LogP contribution in [0.1, 0.15) is 25.3 Å². The summed E-state index contributed by atoms with van der Waals surface area (Å²) < 4.78 is 16.3. The zero-order valence-electron chi connectivity index (χ0n) is 13.4. The molecule has 1 saturated heterocycles. The van der Waals surface area contributed by atoms with Gasteiger partial charge in [-0.15, -0.1) is 0 Å². The van der Waals surface area contributed by atoms with E-state index in [-0.39, 0.29) is 18.8 Å². The number of hydrogen-bond donors (Lipinski definition) is 2. The summed E-state index contributed by atoms with van der Waals surface area (Å²) in [6.45, 7) is 3.33. The molecule has 23 heavy (non-hydrogen) atoms. The number of hydrogen-bond acceptors (Lipinski definition) is 5. The Labute approximate surface area is 141 Å². The number of benzene rings is 1. The van der Waals surface area contributed by atoms with Crippen molar-refractivity contribution in [3.63, 3.8) is 0 Å². The maximum atomic E-state index is 10.8. The van der Waals surface area contributed by atoms with Crippen molar-refractivity contribution in [2.75, 3.05) is 20.3 Å². The highest BCUT2D eigenvalue weighted by Crippen LogP contribution is 2.36. The molecule has 7 heteroatoms. The lowest BCUT2D eigenvalue weighted by molar-refractivity contribution is -0.119. The number of carbonyl (C=O) groups excluding carboxylic acids is 1. The number of ether oxygens (including phenoxy) is 3. The molecule has 1 aromatic carbocycles. The first-order valence-electron chi connectivity index (χ1n) is 7.63. The highest BCUT2D eigenvalue weighted by atomic mass is 35.5. The topological polar surface area (TPSA) is 82.8 Å². The normalized spacial score (nSPS) is 18.7. The second-order valence-electron chi connectivity index (χ2n) is 5.59. The third-order valence-corrected chi connectivity index (χ3v) is 4.08. The first-order valence-corrected chi connectivity index (χ1v) is 8.01. The monoisotopic (exact) mass is 342 g/mol. The van der Waals surface area contributed by atoms with Crippen LogP contribution in [0.5, 0.6) is 11.5 Å². The Hall–Kier alpha value is -1.50. The third-order valence-electron chi connectivity index (χ3n) is 3.80. The maximum Gasteiger partial charge on any atom is 0.255 e. The van der Waals surface area contributed by atoms with E-state index in [4.69, 9.17) is 31.5 Å². The Balaban J connectivity index is 2.01. The van der Waals surface area contributed by atoms with E-state index in [0.717, 1.165) is 25.0 Å². The Morgan fingerprint density at radius 2 is 2.35 bits per heavy atom. The largest absolute Gasteiger partial charge is 0.493 e. The van der Waals surface area contributed by atoms with Gasteiger partial charge in [0.25, 0.3) is 5.91 Å². The highest BCUT2D eigenvalue weighted by Gasteiger charge is 2.22. The van der Waals surface area contributed by atoms with Crippen molar-refractivity contribution in [3.05, 3.63) is 22.7 Å². The van der Waals surface area contributed by atoms with Crippen LogP contribution < -0.4 is 20.5 Å². The summed E-state index contributed by atoms with van der Waals surface area (Å²) in [7, 11) is 1.52. The summed E-state index contributed by atoms with van der Waals surface area (Å²) in [5, 5.41) is 3.82. The smallest absolute Gasteiger partial charge is 0.255 e. The van der Waals surface area contributed by atoms with Crippen LogP contribution in [0.15, 0.2) is 12.1 Å². The van der Waals surface area contributed by atoms with Crippen molar-refractivity contribution >= 4 is 17.5 Å². The first kappa shape index (κ1) is 17.8. The van der Waals surface area contributed by atoms with Gasteiger partial charge in [-0.05, 0) is 37.5 Å². The molecule has 2 rings (SSSR count). The van der Waals surface area contributed by atoms with Crippen LogP contribution in [0.2, 0.25) is 5.02 Å². The average Bonchev–Trinajstić information content (AvgIpc) is 3.05. The minimum absolute atomic E-state index is 0.246. The molecule has 2 atom stereocenters. The summed E-state index contributed by atoms with van der Waals surface area (Å²) in [5.74, 6) is 0.225. The Morgan fingerprint density at radius 3 is 2.96 bits per heavy atom. The second-order valence-corrected chi connectivity index (χ2v) is 5.99. The summed E-state index contributed by atoms with van der Waals surface area (Å²) >= 11 is 6.23. The van der Waals surface area contributed by atoms with Gasteiger partial charge >= 0.3 is 0 Å². The first-order chi connectivity index (χ1) is 11.0. The minimum atomic E-state index is -0.570. The molecule has 0 aromatic heterocycles. The zero-order valence-corrected chi connectivity index (χ0v) is 14.2. The van der Waals surface area contributed by atoms with Gasteiger partial charge in [0.2, 0.25) is 0 Å². The van der Waals surface area contributed by atoms with Gasteiger partial charge in [0.15, 0.2) is 18.1 Å². The predicted molar refractivity (Wildman–Crippen MR) is 88.0 cm³/mol. The molecule has 6 nitrogen and oxygen atoms in total. The standard InChI is InChI=1S/C16H23ClN2O4/c1-10(13-4-3-5-22-13)19-8-11-6-12(17)16(14(7-11)21-2)23-9-15(18)20/h6-7,10,13,19H,3-5,8-9H2,1-2H3,(H2,18,20)/t10-,13+/m0/s1. The van der Waals surface area contributed by atoms with E-state index >= 15 is 0 Å². The number of nitrogens with one attached hydrogen (secondary N) is 1. The lowest BCUT2D eigenvalue weighted by atomic mass is 10.1. The van der Waals surface area contributed by atoms with Crippen LogP contribution in [0.4, 0.5) is 0 Å². The molecule has 0 aliphatic carbocycles. The van der Waals surface area contributed by atoms with Gasteiger partial charge in [0, 0.05) is 19.2 Å². The Kier molecular flexibility index (Phi) is 6.50. The van der Waals surface area contributed by atoms with E-state index in [0.29, 0.717) is 23.1 Å². The quantitative estimate of drug-likeness (QED) is 0.753. The van der Waals surface area contributed by atoms with Gasteiger partial charge in [-0.25, -0.2) is 0 Å². The number of amides is 1. The van der Waals surface area contributed by atoms with Crippen LogP contribution >= 0.6 is 11.6 Å². The van der Waals surface area contributed by atoms with Crippen LogP contribution in [0.3, 0.4) is 0 Å². The van der Waals surface area contributed by atoms with Gasteiger partial charge in [-0.1, -0.05) is 11.6 Å². The molecule has 0 spiro atoms. The molecule has 1 aliphatic heterocycles. The molecule has 1 aromatic rings. The molecule has 128 valence electrons. The average molecular weight is 343 g/mol. The minimum Gasteiger partial charge on any atom is -0.493 e. The lowest BCUT2D eigenvalue weighted by Gasteiger charge is -2.20. The fourth-order valence-electron chi connectivity index (χ4n) is 2.57. The van der Waals surface area contributed by atoms with Crippen molar-refractivity contribution in [1.29, 1.82) is 0 Å². The molecule has 1 heterocycles. The Bertz CT molecular complexity index is 547. The summed E-state index contributed by atoms with van der Waals surface area (Å²) in [6, 6.07) is 3.88. The fraction of sp³-hybridized carbons (Fsp3) is 0.562. The molecule has 0 radical (unpaired) electrons. The number of rotatable bonds is 8. The van der Waals surface area contributed by atoms with Gasteiger partial charge < -0.3 is 25.3 Å². The lowest BCUT2D eigenvalue weighted by Crippen LogP contribution is -2.36. The van der Waals surface area contributed by atoms with Crippen molar-refractivity contribution < 1.29 is 19.0 Å². The molecular weight excluding hydrogens is 320 g/mol. The number of nitrogens with two attached hydrogens (primary N) is 1. The molecule has 1 aliphatic rings. The Morgan fingerprint density at radius 1 is 1.57 bits per heavy atom. The van der Waals surface area contributed by atoms with E-state index in [9.17, 15) is 4.79 Å². The third kappa shape index (κ3) is 4.99. The van der Waals surface area contributed by atoms with Gasteiger partial charge in [-0.3, -0.25) is 4.79 Å². The molecule has 1 amide bonds. The van der Waals surface area contributed by atoms with Crippen LogP contribution in [0, 0.1) is 0 Å². The number of halogens is 1. The van der Waals surface area contributed by atoms with Crippen LogP contribution in [-0.2, 0) is 16.1 Å². The van der Waals surface area contributed by atoms with E-state index in [1.807, 2.05) is 6.07 Å². The molecular formula is C16H23ClN2O4. The van der Waals surface area contributed by atoms with E-state index in [1.54, 1.807) is 6.07 Å². The number of carbonyl (C=O) groups is 1. The zero-order chi connectivity index (χ0) is 16.8. The van der Waals surface area contributed by atoms with E-state index < -0.39 is 5.91 Å². The molecule has 0 unspecified atom stereocenters. The van der Waals surface area contributed by atoms with Gasteiger partial charge in [0.1, 0.15) is 0 Å². The molecule has 1 fully saturated rings. The number of primary amides is 1. The number of methoxy groups -OCH3 is 1. The van der Waals surface area contributed by atoms with Crippen molar-refractivity contribution in [2.45, 2.75) is 38.5 Å². The summed E-state index contributed by atoms with van der Waals surface area (Å²) in [5.41, 5.74) is 6.04. The summed E-state index contributed by atoms with van der Waals surface area (Å²) in [4.78, 5) is 10.8. The fourth-order valence-corrected chi connectivity index (χ4v) is 2.85. The van der Waals surface area contributed by atoms with E-state index in [1.165, 1.54) is 7.11 Å². The predicted octanol–water partition coefficient (Wildman–Crippen LogP) is 1.87. The summed E-state index contributed by atoms with van der Waals surface area (Å²) in [6.07, 6.45) is 2.45. The van der Waals surface area contributed by atoms with E-state index in [2.05, 4.69) is 12.2 Å². The van der Waals surface area contributed by atoms with Crippen molar-refractivity contribution in [2.24, 2.45) is 5.73 Å². The van der Waals surface area contributed by atoms with Crippen molar-refractivity contribution in [1.82, 2.24) is 5.32 Å². The highest BCUT2D eigenvalue weighted by molar-refractivity contribution is 6.32. The maximum absolute atomic E-state index is 10.8. The van der Waals surface area contributed by atoms with Gasteiger partial charge in [-0.2, -0.15) is 0 Å². The molecule has 0 saturated carbocycles. The molecule has 0 bridgehead atoms.